The second kappa shape index (κ2) is 12.9. The minimum atomic E-state index is -4.59. The average molecular weight is 631 g/mol. The molecule has 2 heterocycles. The maximum absolute atomic E-state index is 13.7. The lowest BCUT2D eigenvalue weighted by Crippen LogP contribution is -2.53. The zero-order valence-electron chi connectivity index (χ0n) is 25.7. The highest BCUT2D eigenvalue weighted by molar-refractivity contribution is 6.04. The van der Waals surface area contributed by atoms with Crippen molar-refractivity contribution in [1.29, 1.82) is 0 Å². The number of fused-ring (bicyclic) bond motifs is 1. The van der Waals surface area contributed by atoms with Gasteiger partial charge in [-0.25, -0.2) is 9.79 Å². The molecule has 5 rings (SSSR count). The van der Waals surface area contributed by atoms with Crippen LogP contribution in [0.5, 0.6) is 0 Å². The quantitative estimate of drug-likeness (QED) is 0.260. The fraction of sp³-hybridized carbons (Fsp3) is 0.235. The predicted octanol–water partition coefficient (Wildman–Crippen LogP) is 4.77. The molecule has 0 unspecified atom stereocenters. The van der Waals surface area contributed by atoms with E-state index in [1.165, 1.54) is 12.1 Å². The highest BCUT2D eigenvalue weighted by Gasteiger charge is 2.31. The van der Waals surface area contributed by atoms with Crippen LogP contribution in [0, 0.1) is 6.92 Å². The van der Waals surface area contributed by atoms with Gasteiger partial charge in [0.2, 0.25) is 0 Å². The predicted molar refractivity (Wildman–Crippen MR) is 173 cm³/mol. The molecular weight excluding hydrogens is 597 g/mol. The number of rotatable bonds is 8. The second-order valence-electron chi connectivity index (χ2n) is 11.2. The van der Waals surface area contributed by atoms with Gasteiger partial charge in [0.05, 0.1) is 17.3 Å². The summed E-state index contributed by atoms with van der Waals surface area (Å²) in [4.78, 5) is 49.2. The van der Waals surface area contributed by atoms with Crippen LogP contribution < -0.4 is 37.5 Å². The van der Waals surface area contributed by atoms with Gasteiger partial charge >= 0.3 is 11.9 Å². The van der Waals surface area contributed by atoms with Crippen LogP contribution in [0.1, 0.15) is 46.8 Å². The van der Waals surface area contributed by atoms with Crippen LogP contribution in [0.4, 0.5) is 30.2 Å². The number of hydrogen-bond donors (Lipinski definition) is 3. The van der Waals surface area contributed by atoms with Crippen LogP contribution >= 0.6 is 0 Å². The zero-order chi connectivity index (χ0) is 33.2. The number of H-pyrrole nitrogens is 1. The van der Waals surface area contributed by atoms with Gasteiger partial charge in [-0.15, -0.1) is 0 Å². The molecule has 0 bridgehead atoms. The maximum Gasteiger partial charge on any atom is 0.416 e. The molecule has 12 heteroatoms. The number of aromatic nitrogens is 2. The Bertz CT molecular complexity index is 2090. The van der Waals surface area contributed by atoms with E-state index in [0.29, 0.717) is 29.9 Å². The molecule has 0 radical (unpaired) electrons. The normalized spacial score (nSPS) is 12.8. The number of aryl methyl sites for hydroxylation is 1. The van der Waals surface area contributed by atoms with Crippen LogP contribution in [-0.4, -0.2) is 29.6 Å². The smallest absolute Gasteiger partial charge is 0.378 e. The molecule has 0 spiro atoms. The van der Waals surface area contributed by atoms with E-state index in [0.717, 1.165) is 39.2 Å². The molecule has 3 N–H and O–H groups in total. The minimum Gasteiger partial charge on any atom is -0.378 e. The molecule has 1 aliphatic rings. The van der Waals surface area contributed by atoms with E-state index in [9.17, 15) is 27.6 Å². The Labute approximate surface area is 262 Å². The van der Waals surface area contributed by atoms with E-state index in [-0.39, 0.29) is 22.8 Å². The van der Waals surface area contributed by atoms with Crippen molar-refractivity contribution in [2.45, 2.75) is 39.4 Å². The van der Waals surface area contributed by atoms with E-state index in [4.69, 9.17) is 0 Å². The molecule has 3 aromatic carbocycles. The number of anilines is 3. The van der Waals surface area contributed by atoms with Gasteiger partial charge in [-0.05, 0) is 85.0 Å². The topological polar surface area (TPSA) is 112 Å². The number of hydrogen-bond acceptors (Lipinski definition) is 6. The summed E-state index contributed by atoms with van der Waals surface area (Å²) >= 11 is 0. The van der Waals surface area contributed by atoms with Gasteiger partial charge < -0.3 is 15.5 Å². The first-order chi connectivity index (χ1) is 21.8. The molecule has 46 heavy (non-hydrogen) atoms. The fourth-order valence-electron chi connectivity index (χ4n) is 5.06. The summed E-state index contributed by atoms with van der Waals surface area (Å²) in [6.07, 6.45) is -1.72. The van der Waals surface area contributed by atoms with Crippen LogP contribution in [-0.2, 0) is 12.7 Å². The molecule has 238 valence electrons. The number of halogens is 3. The number of nitrogens with one attached hydrogen (secondary N) is 3. The van der Waals surface area contributed by atoms with Crippen molar-refractivity contribution in [1.82, 2.24) is 9.55 Å². The van der Waals surface area contributed by atoms with Crippen LogP contribution in [0.25, 0.3) is 6.08 Å². The Balaban J connectivity index is 1.45. The number of aromatic amines is 1. The lowest BCUT2D eigenvalue weighted by atomic mass is 10.1. The number of nitrogens with zero attached hydrogens (tertiary/aromatic N) is 3. The van der Waals surface area contributed by atoms with Crippen molar-refractivity contribution in [2.24, 2.45) is 4.99 Å². The van der Waals surface area contributed by atoms with E-state index < -0.39 is 28.9 Å². The first-order valence-electron chi connectivity index (χ1n) is 14.6. The summed E-state index contributed by atoms with van der Waals surface area (Å²) in [6, 6.07) is 16.8. The highest BCUT2D eigenvalue weighted by atomic mass is 19.4. The number of alkyl halides is 3. The molecular formula is C34H33F3N6O3. The number of allylic oxidation sites excluding steroid dienone is 1. The van der Waals surface area contributed by atoms with Crippen molar-refractivity contribution in [3.63, 3.8) is 0 Å². The molecule has 4 aromatic rings. The number of carbonyl (C=O) groups excluding carboxylic acids is 1. The summed E-state index contributed by atoms with van der Waals surface area (Å²) in [7, 11) is 3.89. The summed E-state index contributed by atoms with van der Waals surface area (Å²) in [5.74, 6) is -0.171. The minimum absolute atomic E-state index is 0.106. The van der Waals surface area contributed by atoms with Gasteiger partial charge in [0.1, 0.15) is 11.3 Å². The highest BCUT2D eigenvalue weighted by Crippen LogP contribution is 2.30. The molecule has 1 amide bonds. The molecule has 0 aliphatic carbocycles. The lowest BCUT2D eigenvalue weighted by Gasteiger charge is -2.15. The van der Waals surface area contributed by atoms with Gasteiger partial charge in [-0.3, -0.25) is 19.1 Å². The molecule has 0 saturated heterocycles. The molecule has 1 aromatic heterocycles. The van der Waals surface area contributed by atoms with Crippen LogP contribution in [0.2, 0.25) is 0 Å². The number of benzene rings is 3. The van der Waals surface area contributed by atoms with Crippen LogP contribution in [0.15, 0.2) is 92.7 Å². The van der Waals surface area contributed by atoms with Crippen molar-refractivity contribution in [3.8, 4) is 0 Å². The SMILES string of the molecule is CCC1=C(Nc2cccc(N(C)C)c2)N=c2[nH]c(=O)n(Cc3cc(NC(=O)c4cccc(C(F)(F)F)c4)ccc3C)c(=O)c2=CC1. The van der Waals surface area contributed by atoms with Crippen molar-refractivity contribution in [3.05, 3.63) is 132 Å². The van der Waals surface area contributed by atoms with Gasteiger partial charge in [0.25, 0.3) is 11.5 Å². The van der Waals surface area contributed by atoms with Crippen molar-refractivity contribution in [2.75, 3.05) is 29.6 Å². The Morgan fingerprint density at radius 3 is 2.50 bits per heavy atom. The Hall–Kier alpha value is -5.39. The van der Waals surface area contributed by atoms with Gasteiger partial charge in [-0.2, -0.15) is 13.2 Å². The first kappa shape index (κ1) is 32.0. The number of carbonyl (C=O) groups is 1. The Morgan fingerprint density at radius 2 is 1.78 bits per heavy atom. The second-order valence-corrected chi connectivity index (χ2v) is 11.2. The standard InChI is InChI=1S/C34H33F3N6O3/c1-5-21-13-15-28-30(40-29(21)38-25-10-7-11-27(18-25)42(3)4)41-33(46)43(32(28)45)19-23-17-26(14-12-20(23)2)39-31(44)22-8-6-9-24(16-22)34(35,36)37/h6-12,14-18,38H,5,13,19H2,1-4H3,(H,39,44)(H,40,41,46). The van der Waals surface area contributed by atoms with Crippen LogP contribution in [0.3, 0.4) is 0 Å². The third kappa shape index (κ3) is 6.96. The Kier molecular flexibility index (Phi) is 8.99. The zero-order valence-corrected chi connectivity index (χ0v) is 25.7. The van der Waals surface area contributed by atoms with E-state index in [1.54, 1.807) is 31.2 Å². The van der Waals surface area contributed by atoms with Crippen molar-refractivity contribution >= 4 is 29.0 Å². The maximum atomic E-state index is 13.7. The largest absolute Gasteiger partial charge is 0.416 e. The van der Waals surface area contributed by atoms with Gasteiger partial charge in [-0.1, -0.05) is 31.2 Å². The summed E-state index contributed by atoms with van der Waals surface area (Å²) in [5.41, 5.74) is 2.25. The average Bonchev–Trinajstić information content (AvgIpc) is 3.19. The van der Waals surface area contributed by atoms with E-state index in [2.05, 4.69) is 20.6 Å². The molecule has 0 saturated carbocycles. The summed E-state index contributed by atoms with van der Waals surface area (Å²) in [6.45, 7) is 3.68. The van der Waals surface area contributed by atoms with Gasteiger partial charge in [0.15, 0.2) is 0 Å². The molecule has 0 fully saturated rings. The van der Waals surface area contributed by atoms with E-state index >= 15 is 0 Å². The van der Waals surface area contributed by atoms with Gasteiger partial charge in [0, 0.05) is 36.7 Å². The first-order valence-corrected chi connectivity index (χ1v) is 14.6. The third-order valence-corrected chi connectivity index (χ3v) is 7.75. The number of amides is 1. The summed E-state index contributed by atoms with van der Waals surface area (Å²) < 4.78 is 40.5. The van der Waals surface area contributed by atoms with E-state index in [1.807, 2.05) is 50.2 Å². The molecule has 1 aliphatic heterocycles. The Morgan fingerprint density at radius 1 is 1.02 bits per heavy atom. The van der Waals surface area contributed by atoms with Crippen molar-refractivity contribution < 1.29 is 18.0 Å². The lowest BCUT2D eigenvalue weighted by molar-refractivity contribution is -0.137. The molecule has 9 nitrogen and oxygen atoms in total. The molecule has 0 atom stereocenters. The summed E-state index contributed by atoms with van der Waals surface area (Å²) in [5, 5.41) is 6.22. The monoisotopic (exact) mass is 630 g/mol. The third-order valence-electron chi connectivity index (χ3n) is 7.75. The fourth-order valence-corrected chi connectivity index (χ4v) is 5.06.